The molecule has 3 aromatic rings. The molecule has 1 amide bonds. The average Bonchev–Trinajstić information content (AvgIpc) is 3.04. The second kappa shape index (κ2) is 8.82. The maximum absolute atomic E-state index is 12.7. The molecular weight excluding hydrogens is 368 g/mol. The van der Waals surface area contributed by atoms with Gasteiger partial charge >= 0.3 is 0 Å². The molecule has 0 aliphatic carbocycles. The number of nitrogens with one attached hydrogen (secondary N) is 1. The van der Waals surface area contributed by atoms with Crippen LogP contribution in [0.25, 0.3) is 0 Å². The smallest absolute Gasteiger partial charge is 0.255 e. The number of amides is 1. The lowest BCUT2D eigenvalue weighted by Crippen LogP contribution is -2.12. The van der Waals surface area contributed by atoms with Gasteiger partial charge in [0.05, 0.1) is 18.4 Å². The Labute approximate surface area is 170 Å². The van der Waals surface area contributed by atoms with E-state index in [1.165, 1.54) is 5.56 Å². The van der Waals surface area contributed by atoms with Gasteiger partial charge in [-0.1, -0.05) is 31.1 Å². The first kappa shape index (κ1) is 20.5. The molecule has 6 nitrogen and oxygen atoms in total. The van der Waals surface area contributed by atoms with Crippen LogP contribution < -0.4 is 14.8 Å². The highest BCUT2D eigenvalue weighted by atomic mass is 16.5. The van der Waals surface area contributed by atoms with E-state index in [0.717, 1.165) is 22.7 Å². The number of rotatable bonds is 7. The molecule has 1 aromatic heterocycles. The summed E-state index contributed by atoms with van der Waals surface area (Å²) in [4.78, 5) is 12.7. The Balaban J connectivity index is 1.74. The third-order valence-electron chi connectivity index (χ3n) is 4.79. The highest BCUT2D eigenvalue weighted by molar-refractivity contribution is 6.04. The molecule has 0 atom stereocenters. The van der Waals surface area contributed by atoms with E-state index in [9.17, 15) is 4.79 Å². The largest absolute Gasteiger partial charge is 0.493 e. The van der Waals surface area contributed by atoms with Crippen molar-refractivity contribution in [2.24, 2.45) is 0 Å². The van der Waals surface area contributed by atoms with Gasteiger partial charge < -0.3 is 19.3 Å². The van der Waals surface area contributed by atoms with E-state index < -0.39 is 0 Å². The summed E-state index contributed by atoms with van der Waals surface area (Å²) in [5.74, 6) is 1.94. The van der Waals surface area contributed by atoms with Crippen molar-refractivity contribution in [3.05, 3.63) is 70.6 Å². The highest BCUT2D eigenvalue weighted by Gasteiger charge is 2.14. The molecule has 0 radical (unpaired) electrons. The lowest BCUT2D eigenvalue weighted by atomic mass is 10.0. The molecule has 29 heavy (non-hydrogen) atoms. The van der Waals surface area contributed by atoms with E-state index in [1.807, 2.05) is 32.0 Å². The summed E-state index contributed by atoms with van der Waals surface area (Å²) in [6.07, 6.45) is 0. The van der Waals surface area contributed by atoms with Crippen LogP contribution in [-0.4, -0.2) is 18.2 Å². The van der Waals surface area contributed by atoms with Crippen molar-refractivity contribution in [1.82, 2.24) is 5.16 Å². The maximum atomic E-state index is 12.7. The fourth-order valence-corrected chi connectivity index (χ4v) is 2.96. The summed E-state index contributed by atoms with van der Waals surface area (Å²) >= 11 is 0. The first-order valence-corrected chi connectivity index (χ1v) is 9.53. The number of aryl methyl sites for hydroxylation is 2. The number of methoxy groups -OCH3 is 1. The molecule has 0 aliphatic heterocycles. The van der Waals surface area contributed by atoms with Gasteiger partial charge in [0, 0.05) is 11.3 Å². The zero-order valence-corrected chi connectivity index (χ0v) is 17.4. The second-order valence-corrected chi connectivity index (χ2v) is 7.19. The molecule has 6 heteroatoms. The minimum Gasteiger partial charge on any atom is -0.493 e. The molecule has 1 heterocycles. The monoisotopic (exact) mass is 394 g/mol. The first-order chi connectivity index (χ1) is 13.9. The Bertz CT molecular complexity index is 988. The van der Waals surface area contributed by atoms with Gasteiger partial charge in [0.2, 0.25) is 0 Å². The van der Waals surface area contributed by atoms with Crippen molar-refractivity contribution in [1.29, 1.82) is 0 Å². The van der Waals surface area contributed by atoms with Crippen molar-refractivity contribution in [2.75, 3.05) is 12.4 Å². The molecule has 0 aliphatic rings. The SMILES string of the molecule is COc1cc(C(=O)Nc2cccc(C(C)C)c2)ccc1OCc1c(C)noc1C. The van der Waals surface area contributed by atoms with E-state index in [4.69, 9.17) is 14.0 Å². The molecule has 0 unspecified atom stereocenters. The van der Waals surface area contributed by atoms with Gasteiger partial charge in [0.25, 0.3) is 5.91 Å². The van der Waals surface area contributed by atoms with Crippen LogP contribution in [0.4, 0.5) is 5.69 Å². The Kier molecular flexibility index (Phi) is 6.22. The third kappa shape index (κ3) is 4.77. The summed E-state index contributed by atoms with van der Waals surface area (Å²) in [5.41, 5.74) is 4.11. The predicted octanol–water partition coefficient (Wildman–Crippen LogP) is 5.25. The Morgan fingerprint density at radius 3 is 2.59 bits per heavy atom. The molecule has 3 rings (SSSR count). The zero-order chi connectivity index (χ0) is 21.0. The highest BCUT2D eigenvalue weighted by Crippen LogP contribution is 2.30. The van der Waals surface area contributed by atoms with Gasteiger partial charge in [0.15, 0.2) is 11.5 Å². The van der Waals surface area contributed by atoms with Gasteiger partial charge in [-0.2, -0.15) is 0 Å². The number of carbonyl (C=O) groups excluding carboxylic acids is 1. The number of aromatic nitrogens is 1. The number of ether oxygens (including phenoxy) is 2. The lowest BCUT2D eigenvalue weighted by molar-refractivity contribution is 0.102. The molecule has 0 saturated carbocycles. The van der Waals surface area contributed by atoms with Gasteiger partial charge in [0.1, 0.15) is 12.4 Å². The van der Waals surface area contributed by atoms with Crippen LogP contribution in [-0.2, 0) is 6.61 Å². The first-order valence-electron chi connectivity index (χ1n) is 9.53. The van der Waals surface area contributed by atoms with E-state index >= 15 is 0 Å². The number of hydrogen-bond acceptors (Lipinski definition) is 5. The fourth-order valence-electron chi connectivity index (χ4n) is 2.96. The fraction of sp³-hybridized carbons (Fsp3) is 0.304. The second-order valence-electron chi connectivity index (χ2n) is 7.19. The van der Waals surface area contributed by atoms with Crippen LogP contribution in [0.15, 0.2) is 47.0 Å². The molecule has 2 aromatic carbocycles. The molecule has 0 fully saturated rings. The van der Waals surface area contributed by atoms with Crippen molar-refractivity contribution in [3.8, 4) is 11.5 Å². The van der Waals surface area contributed by atoms with Crippen LogP contribution >= 0.6 is 0 Å². The molecule has 1 N–H and O–H groups in total. The number of nitrogens with zero attached hydrogens (tertiary/aromatic N) is 1. The van der Waals surface area contributed by atoms with E-state index in [-0.39, 0.29) is 5.91 Å². The number of anilines is 1. The Hall–Kier alpha value is -3.28. The summed E-state index contributed by atoms with van der Waals surface area (Å²) in [6.45, 7) is 8.26. The van der Waals surface area contributed by atoms with Crippen LogP contribution in [0.5, 0.6) is 11.5 Å². The average molecular weight is 394 g/mol. The van der Waals surface area contributed by atoms with Gasteiger partial charge in [-0.15, -0.1) is 0 Å². The number of hydrogen-bond donors (Lipinski definition) is 1. The molecule has 0 bridgehead atoms. The third-order valence-corrected chi connectivity index (χ3v) is 4.79. The van der Waals surface area contributed by atoms with E-state index in [0.29, 0.717) is 29.6 Å². The van der Waals surface area contributed by atoms with Gasteiger partial charge in [-0.25, -0.2) is 0 Å². The van der Waals surface area contributed by atoms with Gasteiger partial charge in [-0.3, -0.25) is 4.79 Å². The maximum Gasteiger partial charge on any atom is 0.255 e. The Morgan fingerprint density at radius 2 is 1.93 bits per heavy atom. The Morgan fingerprint density at radius 1 is 1.14 bits per heavy atom. The number of carbonyl (C=O) groups is 1. The summed E-state index contributed by atoms with van der Waals surface area (Å²) in [6, 6.07) is 13.0. The topological polar surface area (TPSA) is 73.6 Å². The summed E-state index contributed by atoms with van der Waals surface area (Å²) < 4.78 is 16.5. The molecular formula is C23H26N2O4. The van der Waals surface area contributed by atoms with Crippen LogP contribution in [0.1, 0.15) is 52.7 Å². The normalized spacial score (nSPS) is 10.8. The van der Waals surface area contributed by atoms with Crippen LogP contribution in [0.2, 0.25) is 0 Å². The van der Waals surface area contributed by atoms with Crippen LogP contribution in [0, 0.1) is 13.8 Å². The zero-order valence-electron chi connectivity index (χ0n) is 17.4. The number of benzene rings is 2. The van der Waals surface area contributed by atoms with E-state index in [2.05, 4.69) is 30.4 Å². The summed E-state index contributed by atoms with van der Waals surface area (Å²) in [7, 11) is 1.55. The minimum atomic E-state index is -0.207. The van der Waals surface area contributed by atoms with Crippen molar-refractivity contribution >= 4 is 11.6 Å². The minimum absolute atomic E-state index is 0.207. The van der Waals surface area contributed by atoms with Gasteiger partial charge in [-0.05, 0) is 55.7 Å². The lowest BCUT2D eigenvalue weighted by Gasteiger charge is -2.13. The summed E-state index contributed by atoms with van der Waals surface area (Å²) in [5, 5.41) is 6.86. The van der Waals surface area contributed by atoms with E-state index in [1.54, 1.807) is 25.3 Å². The van der Waals surface area contributed by atoms with Crippen LogP contribution in [0.3, 0.4) is 0 Å². The molecule has 0 saturated heterocycles. The predicted molar refractivity (Wildman–Crippen MR) is 112 cm³/mol. The molecule has 152 valence electrons. The quantitative estimate of drug-likeness (QED) is 0.592. The van der Waals surface area contributed by atoms with Crippen molar-refractivity contribution < 1.29 is 18.8 Å². The standard InChI is InChI=1S/C23H26N2O4/c1-14(2)17-7-6-8-19(11-17)24-23(26)18-9-10-21(22(12-18)27-5)28-13-20-15(3)25-29-16(20)4/h6-12,14H,13H2,1-5H3,(H,24,26). The molecule has 0 spiro atoms. The van der Waals surface area contributed by atoms with Crippen molar-refractivity contribution in [3.63, 3.8) is 0 Å². The van der Waals surface area contributed by atoms with Crippen molar-refractivity contribution in [2.45, 2.75) is 40.2 Å².